The zero-order valence-corrected chi connectivity index (χ0v) is 13.4. The Morgan fingerprint density at radius 3 is 2.78 bits per heavy atom. The molecule has 1 aromatic carbocycles. The van der Waals surface area contributed by atoms with Gasteiger partial charge in [0.25, 0.3) is 0 Å². The zero-order chi connectivity index (χ0) is 12.7. The van der Waals surface area contributed by atoms with Crippen molar-refractivity contribution in [2.24, 2.45) is 5.73 Å². The first-order chi connectivity index (χ1) is 8.63. The van der Waals surface area contributed by atoms with Crippen molar-refractivity contribution in [2.75, 3.05) is 0 Å². The summed E-state index contributed by atoms with van der Waals surface area (Å²) in [6.07, 6.45) is 0.876. The Balaban J connectivity index is 1.94. The largest absolute Gasteiger partial charge is 0.484 e. The van der Waals surface area contributed by atoms with E-state index in [1.165, 1.54) is 4.88 Å². The van der Waals surface area contributed by atoms with Crippen molar-refractivity contribution in [3.8, 4) is 5.75 Å². The topological polar surface area (TPSA) is 35.2 Å². The van der Waals surface area contributed by atoms with Crippen molar-refractivity contribution in [3.63, 3.8) is 0 Å². The maximum absolute atomic E-state index is 6.24. The van der Waals surface area contributed by atoms with E-state index in [9.17, 15) is 0 Å². The van der Waals surface area contributed by atoms with Crippen LogP contribution in [0.1, 0.15) is 29.0 Å². The van der Waals surface area contributed by atoms with Crippen LogP contribution in [0.2, 0.25) is 0 Å². The molecule has 18 heavy (non-hydrogen) atoms. The fourth-order valence-corrected chi connectivity index (χ4v) is 4.00. The molecule has 0 radical (unpaired) electrons. The van der Waals surface area contributed by atoms with E-state index < -0.39 is 0 Å². The molecule has 2 heterocycles. The Hall–Kier alpha value is -0.360. The van der Waals surface area contributed by atoms with E-state index in [0.29, 0.717) is 0 Å². The third-order valence-corrected chi connectivity index (χ3v) is 5.23. The molecule has 1 unspecified atom stereocenters. The highest BCUT2D eigenvalue weighted by molar-refractivity contribution is 9.11. The molecule has 1 aliphatic heterocycles. The quantitative estimate of drug-likeness (QED) is 0.761. The molecule has 94 valence electrons. The maximum Gasteiger partial charge on any atom is 0.135 e. The molecule has 2 nitrogen and oxygen atoms in total. The molecule has 0 fully saturated rings. The van der Waals surface area contributed by atoms with E-state index in [4.69, 9.17) is 10.5 Å². The van der Waals surface area contributed by atoms with Crippen LogP contribution in [0.5, 0.6) is 5.75 Å². The number of nitrogens with two attached hydrogens (primary N) is 1. The van der Waals surface area contributed by atoms with Gasteiger partial charge in [0.1, 0.15) is 11.9 Å². The Kier molecular flexibility index (Phi) is 3.49. The summed E-state index contributed by atoms with van der Waals surface area (Å²) in [6.45, 7) is 0. The highest BCUT2D eigenvalue weighted by atomic mass is 79.9. The number of benzene rings is 1. The molecule has 0 saturated carbocycles. The van der Waals surface area contributed by atoms with Crippen molar-refractivity contribution in [1.82, 2.24) is 0 Å². The SMILES string of the molecule is N[C@@H]1CC(c2ccc(Br)s2)Oc2ccc(Br)cc21. The summed E-state index contributed by atoms with van der Waals surface area (Å²) >= 11 is 8.65. The van der Waals surface area contributed by atoms with Crippen molar-refractivity contribution in [1.29, 1.82) is 0 Å². The van der Waals surface area contributed by atoms with E-state index in [-0.39, 0.29) is 12.1 Å². The number of rotatable bonds is 1. The smallest absolute Gasteiger partial charge is 0.135 e. The van der Waals surface area contributed by atoms with Gasteiger partial charge in [0, 0.05) is 27.4 Å². The summed E-state index contributed by atoms with van der Waals surface area (Å²) in [6, 6.07) is 10.2. The van der Waals surface area contributed by atoms with Gasteiger partial charge in [0.2, 0.25) is 0 Å². The first-order valence-corrected chi connectivity index (χ1v) is 8.00. The molecule has 0 saturated heterocycles. The lowest BCUT2D eigenvalue weighted by molar-refractivity contribution is 0.165. The van der Waals surface area contributed by atoms with Gasteiger partial charge < -0.3 is 10.5 Å². The molecular weight excluding hydrogens is 378 g/mol. The third kappa shape index (κ3) is 2.37. The molecular formula is C13H11Br2NOS. The second kappa shape index (κ2) is 4.96. The van der Waals surface area contributed by atoms with Gasteiger partial charge >= 0.3 is 0 Å². The number of ether oxygens (including phenoxy) is 1. The maximum atomic E-state index is 6.24. The summed E-state index contributed by atoms with van der Waals surface area (Å²) in [5, 5.41) is 0. The standard InChI is InChI=1S/C13H11Br2NOS/c14-7-1-2-10-8(5-7)9(16)6-11(17-10)12-3-4-13(15)18-12/h1-5,9,11H,6,16H2/t9-,11?/m1/s1. The van der Waals surface area contributed by atoms with E-state index in [1.54, 1.807) is 11.3 Å². The molecule has 1 aromatic heterocycles. The third-order valence-electron chi connectivity index (χ3n) is 3.02. The number of thiophene rings is 1. The Morgan fingerprint density at radius 1 is 1.22 bits per heavy atom. The molecule has 0 bridgehead atoms. The van der Waals surface area contributed by atoms with Crippen molar-refractivity contribution in [3.05, 3.63) is 49.0 Å². The van der Waals surface area contributed by atoms with Gasteiger partial charge in [-0.05, 0) is 46.3 Å². The Morgan fingerprint density at radius 2 is 2.06 bits per heavy atom. The van der Waals surface area contributed by atoms with Crippen LogP contribution < -0.4 is 10.5 Å². The number of hydrogen-bond donors (Lipinski definition) is 1. The predicted molar refractivity (Wildman–Crippen MR) is 81.1 cm³/mol. The number of hydrogen-bond acceptors (Lipinski definition) is 3. The minimum absolute atomic E-state index is 0.0251. The van der Waals surface area contributed by atoms with Gasteiger partial charge in [-0.2, -0.15) is 0 Å². The molecule has 0 aliphatic carbocycles. The van der Waals surface area contributed by atoms with Gasteiger partial charge in [-0.3, -0.25) is 0 Å². The van der Waals surface area contributed by atoms with Crippen LogP contribution in [-0.2, 0) is 0 Å². The first-order valence-electron chi connectivity index (χ1n) is 5.60. The molecule has 5 heteroatoms. The van der Waals surface area contributed by atoms with E-state index in [1.807, 2.05) is 24.3 Å². The van der Waals surface area contributed by atoms with E-state index >= 15 is 0 Å². The Labute approximate surface area is 126 Å². The highest BCUT2D eigenvalue weighted by Gasteiger charge is 2.28. The summed E-state index contributed by atoms with van der Waals surface area (Å²) < 4.78 is 8.21. The van der Waals surface area contributed by atoms with Crippen LogP contribution in [0.25, 0.3) is 0 Å². The van der Waals surface area contributed by atoms with Crippen LogP contribution in [0.15, 0.2) is 38.6 Å². The fourth-order valence-electron chi connectivity index (χ4n) is 2.15. The monoisotopic (exact) mass is 387 g/mol. The van der Waals surface area contributed by atoms with Gasteiger partial charge in [0.15, 0.2) is 0 Å². The number of fused-ring (bicyclic) bond motifs is 1. The van der Waals surface area contributed by atoms with Crippen LogP contribution in [0.4, 0.5) is 0 Å². The van der Waals surface area contributed by atoms with Crippen LogP contribution in [-0.4, -0.2) is 0 Å². The fraction of sp³-hybridized carbons (Fsp3) is 0.231. The van der Waals surface area contributed by atoms with Gasteiger partial charge in [-0.25, -0.2) is 0 Å². The summed E-state index contributed by atoms with van der Waals surface area (Å²) in [5.74, 6) is 0.895. The molecule has 1 aliphatic rings. The van der Waals surface area contributed by atoms with Crippen LogP contribution >= 0.6 is 43.2 Å². The van der Waals surface area contributed by atoms with Gasteiger partial charge in [-0.15, -0.1) is 11.3 Å². The van der Waals surface area contributed by atoms with E-state index in [2.05, 4.69) is 37.9 Å². The van der Waals surface area contributed by atoms with Crippen LogP contribution in [0.3, 0.4) is 0 Å². The van der Waals surface area contributed by atoms with Gasteiger partial charge in [-0.1, -0.05) is 15.9 Å². The molecule has 0 amide bonds. The van der Waals surface area contributed by atoms with Gasteiger partial charge in [0.05, 0.1) is 3.79 Å². The zero-order valence-electron chi connectivity index (χ0n) is 9.40. The summed E-state index contributed by atoms with van der Waals surface area (Å²) in [7, 11) is 0. The molecule has 2 atom stereocenters. The van der Waals surface area contributed by atoms with Crippen molar-refractivity contribution < 1.29 is 4.74 Å². The minimum Gasteiger partial charge on any atom is -0.484 e. The number of halogens is 2. The average molecular weight is 389 g/mol. The summed E-state index contributed by atoms with van der Waals surface area (Å²) in [4.78, 5) is 1.21. The lowest BCUT2D eigenvalue weighted by Crippen LogP contribution is -2.23. The minimum atomic E-state index is 0.0251. The Bertz CT molecular complexity index is 584. The predicted octanol–water partition coefficient (Wildman–Crippen LogP) is 4.80. The average Bonchev–Trinajstić information content (AvgIpc) is 2.77. The van der Waals surface area contributed by atoms with Crippen LogP contribution in [0, 0.1) is 0 Å². The molecule has 2 N–H and O–H groups in total. The van der Waals surface area contributed by atoms with E-state index in [0.717, 1.165) is 26.0 Å². The molecule has 3 rings (SSSR count). The second-order valence-corrected chi connectivity index (χ2v) is 7.68. The lowest BCUT2D eigenvalue weighted by Gasteiger charge is -2.29. The molecule has 2 aromatic rings. The normalized spacial score (nSPS) is 22.4. The van der Waals surface area contributed by atoms with Crippen molar-refractivity contribution in [2.45, 2.75) is 18.6 Å². The highest BCUT2D eigenvalue weighted by Crippen LogP contribution is 2.42. The first kappa shape index (κ1) is 12.7. The molecule has 0 spiro atoms. The second-order valence-electron chi connectivity index (χ2n) is 4.27. The van der Waals surface area contributed by atoms with Crippen molar-refractivity contribution >= 4 is 43.2 Å². The lowest BCUT2D eigenvalue weighted by atomic mass is 9.97. The summed E-state index contributed by atoms with van der Waals surface area (Å²) in [5.41, 5.74) is 7.32.